The van der Waals surface area contributed by atoms with Crippen LogP contribution in [0.2, 0.25) is 0 Å². The summed E-state index contributed by atoms with van der Waals surface area (Å²) in [4.78, 5) is 0.759. The van der Waals surface area contributed by atoms with E-state index in [4.69, 9.17) is 18.0 Å². The first-order valence-electron chi connectivity index (χ1n) is 7.31. The lowest BCUT2D eigenvalue weighted by molar-refractivity contribution is 0.395. The summed E-state index contributed by atoms with van der Waals surface area (Å²) in [7, 11) is -3.39. The molecule has 2 rings (SSSR count). The van der Waals surface area contributed by atoms with Gasteiger partial charge in [0.25, 0.3) is 0 Å². The van der Waals surface area contributed by atoms with Gasteiger partial charge in [0.15, 0.2) is 0 Å². The first kappa shape index (κ1) is 16.4. The van der Waals surface area contributed by atoms with E-state index in [-0.39, 0.29) is 0 Å². The summed E-state index contributed by atoms with van der Waals surface area (Å²) in [5, 5.41) is 0. The fourth-order valence-corrected chi connectivity index (χ4v) is 4.05. The van der Waals surface area contributed by atoms with E-state index in [0.717, 1.165) is 24.8 Å². The van der Waals surface area contributed by atoms with Crippen molar-refractivity contribution in [2.45, 2.75) is 37.5 Å². The predicted octanol–water partition coefficient (Wildman–Crippen LogP) is 2.33. The molecule has 0 saturated heterocycles. The Kier molecular flexibility index (Phi) is 5.35. The van der Waals surface area contributed by atoms with Gasteiger partial charge in [0, 0.05) is 19.5 Å². The van der Waals surface area contributed by atoms with Crippen molar-refractivity contribution in [2.24, 2.45) is 11.7 Å². The van der Waals surface area contributed by atoms with Gasteiger partial charge in [-0.15, -0.1) is 0 Å². The Morgan fingerprint density at radius 2 is 1.95 bits per heavy atom. The lowest BCUT2D eigenvalue weighted by Crippen LogP contribution is -2.33. The molecule has 1 aliphatic carbocycles. The fraction of sp³-hybridized carbons (Fsp3) is 0.533. The molecule has 1 aromatic rings. The highest BCUT2D eigenvalue weighted by Gasteiger charge is 2.31. The largest absolute Gasteiger partial charge is 0.393 e. The molecule has 0 atom stereocenters. The Balaban J connectivity index is 2.17. The second kappa shape index (κ2) is 6.85. The monoisotopic (exact) mass is 326 g/mol. The standard InChI is InChI=1S/C15H22N2O2S2/c1-2-9-17(11-13-3-4-13)21(18,19)14-7-5-12(6-8-14)10-15(16)20/h5-8,13H,2-4,9-11H2,1H3,(H2,16,20). The van der Waals surface area contributed by atoms with Crippen LogP contribution < -0.4 is 5.73 Å². The van der Waals surface area contributed by atoms with Gasteiger partial charge in [-0.2, -0.15) is 4.31 Å². The van der Waals surface area contributed by atoms with Crippen LogP contribution in [-0.4, -0.2) is 30.8 Å². The summed E-state index contributed by atoms with van der Waals surface area (Å²) >= 11 is 4.87. The van der Waals surface area contributed by atoms with Gasteiger partial charge >= 0.3 is 0 Å². The highest BCUT2D eigenvalue weighted by atomic mass is 32.2. The molecule has 4 nitrogen and oxygen atoms in total. The van der Waals surface area contributed by atoms with Crippen LogP contribution in [0.15, 0.2) is 29.2 Å². The maximum Gasteiger partial charge on any atom is 0.243 e. The number of sulfonamides is 1. The number of nitrogens with two attached hydrogens (primary N) is 1. The molecule has 6 heteroatoms. The van der Waals surface area contributed by atoms with Crippen molar-refractivity contribution >= 4 is 27.2 Å². The average molecular weight is 326 g/mol. The van der Waals surface area contributed by atoms with Crippen molar-refractivity contribution in [3.63, 3.8) is 0 Å². The van der Waals surface area contributed by atoms with Gasteiger partial charge in [-0.3, -0.25) is 0 Å². The number of thiocarbonyl (C=S) groups is 1. The van der Waals surface area contributed by atoms with E-state index in [1.54, 1.807) is 28.6 Å². The van der Waals surface area contributed by atoms with Crippen molar-refractivity contribution in [1.82, 2.24) is 4.31 Å². The van der Waals surface area contributed by atoms with Crippen molar-refractivity contribution in [3.8, 4) is 0 Å². The Hall–Kier alpha value is -0.980. The van der Waals surface area contributed by atoms with Crippen molar-refractivity contribution < 1.29 is 8.42 Å². The number of hydrogen-bond donors (Lipinski definition) is 1. The van der Waals surface area contributed by atoms with Crippen molar-refractivity contribution in [2.75, 3.05) is 13.1 Å². The molecular formula is C15H22N2O2S2. The molecule has 0 unspecified atom stereocenters. The van der Waals surface area contributed by atoms with E-state index < -0.39 is 10.0 Å². The molecule has 1 saturated carbocycles. The van der Waals surface area contributed by atoms with Crippen LogP contribution in [-0.2, 0) is 16.4 Å². The zero-order chi connectivity index (χ0) is 15.5. The molecule has 0 aliphatic heterocycles. The molecule has 0 amide bonds. The van der Waals surface area contributed by atoms with E-state index in [1.165, 1.54) is 0 Å². The summed E-state index contributed by atoms with van der Waals surface area (Å²) in [5.74, 6) is 0.542. The Morgan fingerprint density at radius 3 is 2.43 bits per heavy atom. The summed E-state index contributed by atoms with van der Waals surface area (Å²) in [6.07, 6.45) is 3.60. The van der Waals surface area contributed by atoms with Gasteiger partial charge in [-0.25, -0.2) is 8.42 Å². The second-order valence-corrected chi connectivity index (χ2v) is 8.06. The second-order valence-electron chi connectivity index (χ2n) is 5.59. The first-order chi connectivity index (χ1) is 9.93. The predicted molar refractivity (Wildman–Crippen MR) is 88.7 cm³/mol. The van der Waals surface area contributed by atoms with Gasteiger partial charge in [-0.05, 0) is 42.9 Å². The zero-order valence-corrected chi connectivity index (χ0v) is 13.9. The van der Waals surface area contributed by atoms with E-state index in [1.807, 2.05) is 6.92 Å². The van der Waals surface area contributed by atoms with Gasteiger partial charge in [-0.1, -0.05) is 31.3 Å². The molecule has 21 heavy (non-hydrogen) atoms. The Morgan fingerprint density at radius 1 is 1.33 bits per heavy atom. The van der Waals surface area contributed by atoms with Crippen molar-refractivity contribution in [1.29, 1.82) is 0 Å². The van der Waals surface area contributed by atoms with Crippen LogP contribution in [0.25, 0.3) is 0 Å². The first-order valence-corrected chi connectivity index (χ1v) is 9.15. The normalized spacial score (nSPS) is 15.3. The topological polar surface area (TPSA) is 63.4 Å². The summed E-state index contributed by atoms with van der Waals surface area (Å²) in [6.45, 7) is 3.22. The lowest BCUT2D eigenvalue weighted by atomic mass is 10.1. The maximum atomic E-state index is 12.7. The molecule has 1 aromatic carbocycles. The third kappa shape index (κ3) is 4.49. The van der Waals surface area contributed by atoms with Gasteiger partial charge < -0.3 is 5.73 Å². The lowest BCUT2D eigenvalue weighted by Gasteiger charge is -2.21. The van der Waals surface area contributed by atoms with E-state index in [9.17, 15) is 8.42 Å². The number of benzene rings is 1. The molecule has 116 valence electrons. The Labute approximate surface area is 132 Å². The molecule has 1 aliphatic rings. The van der Waals surface area contributed by atoms with Crippen LogP contribution in [0.3, 0.4) is 0 Å². The molecule has 0 heterocycles. The average Bonchev–Trinajstić information content (AvgIpc) is 3.22. The Bertz CT molecular complexity index is 593. The van der Waals surface area contributed by atoms with Gasteiger partial charge in [0.2, 0.25) is 10.0 Å². The van der Waals surface area contributed by atoms with E-state index >= 15 is 0 Å². The minimum absolute atomic E-state index is 0.350. The molecular weight excluding hydrogens is 304 g/mol. The molecule has 1 fully saturated rings. The van der Waals surface area contributed by atoms with Crippen LogP contribution in [0.5, 0.6) is 0 Å². The molecule has 0 radical (unpaired) electrons. The fourth-order valence-electron chi connectivity index (χ4n) is 2.28. The minimum atomic E-state index is -3.39. The smallest absolute Gasteiger partial charge is 0.243 e. The molecule has 2 N–H and O–H groups in total. The quantitative estimate of drug-likeness (QED) is 0.745. The summed E-state index contributed by atoms with van der Waals surface area (Å²) < 4.78 is 27.0. The third-order valence-corrected chi connectivity index (χ3v) is 5.59. The molecule has 0 bridgehead atoms. The third-order valence-electron chi connectivity index (χ3n) is 3.57. The maximum absolute atomic E-state index is 12.7. The van der Waals surface area contributed by atoms with Gasteiger partial charge in [0.05, 0.1) is 9.88 Å². The summed E-state index contributed by atoms with van der Waals surface area (Å²) in [5.41, 5.74) is 6.44. The zero-order valence-electron chi connectivity index (χ0n) is 12.3. The number of rotatable bonds is 8. The van der Waals surface area contributed by atoms with Crippen molar-refractivity contribution in [3.05, 3.63) is 29.8 Å². The van der Waals surface area contributed by atoms with E-state index in [0.29, 0.717) is 35.3 Å². The number of hydrogen-bond acceptors (Lipinski definition) is 3. The van der Waals surface area contributed by atoms with E-state index in [2.05, 4.69) is 0 Å². The SMILES string of the molecule is CCCN(CC1CC1)S(=O)(=O)c1ccc(CC(N)=S)cc1. The highest BCUT2D eigenvalue weighted by Crippen LogP contribution is 2.31. The van der Waals surface area contributed by atoms with Crippen LogP contribution in [0, 0.1) is 5.92 Å². The van der Waals surface area contributed by atoms with Crippen LogP contribution in [0.1, 0.15) is 31.7 Å². The summed E-state index contributed by atoms with van der Waals surface area (Å²) in [6, 6.07) is 6.87. The molecule has 0 spiro atoms. The highest BCUT2D eigenvalue weighted by molar-refractivity contribution is 7.89. The number of nitrogens with zero attached hydrogens (tertiary/aromatic N) is 1. The van der Waals surface area contributed by atoms with Gasteiger partial charge in [0.1, 0.15) is 0 Å². The molecule has 0 aromatic heterocycles. The minimum Gasteiger partial charge on any atom is -0.393 e. The van der Waals surface area contributed by atoms with Crippen LogP contribution >= 0.6 is 12.2 Å². The van der Waals surface area contributed by atoms with Crippen LogP contribution in [0.4, 0.5) is 0 Å².